The van der Waals surface area contributed by atoms with E-state index in [1.807, 2.05) is 31.2 Å². The number of rotatable bonds is 6. The predicted octanol–water partition coefficient (Wildman–Crippen LogP) is 2.15. The maximum absolute atomic E-state index is 12.1. The van der Waals surface area contributed by atoms with E-state index in [1.165, 1.54) is 11.0 Å². The van der Waals surface area contributed by atoms with Crippen molar-refractivity contribution >= 4 is 23.6 Å². The Labute approximate surface area is 146 Å². The summed E-state index contributed by atoms with van der Waals surface area (Å²) in [5.74, 6) is 0.218. The lowest BCUT2D eigenvalue weighted by molar-refractivity contribution is -0.129. The highest BCUT2D eigenvalue weighted by atomic mass is 16.5. The molecule has 2 rings (SSSR count). The Morgan fingerprint density at radius 3 is 2.52 bits per heavy atom. The molecule has 25 heavy (non-hydrogen) atoms. The van der Waals surface area contributed by atoms with Crippen molar-refractivity contribution in [3.05, 3.63) is 47.3 Å². The number of hydrogen-bond donors (Lipinski definition) is 2. The summed E-state index contributed by atoms with van der Waals surface area (Å²) in [7, 11) is 3.18. The second kappa shape index (κ2) is 8.14. The lowest BCUT2D eigenvalue weighted by Gasteiger charge is -2.15. The van der Waals surface area contributed by atoms with Gasteiger partial charge in [0.15, 0.2) is 0 Å². The van der Waals surface area contributed by atoms with Gasteiger partial charge in [0.1, 0.15) is 5.75 Å². The SMILES string of the molecule is COc1ccc(C=CC(=O)N(C)CC(=O)Nc2c(C)n[nH]c2C)cc1. The minimum atomic E-state index is -0.277. The molecule has 0 saturated heterocycles. The van der Waals surface area contributed by atoms with Crippen LogP contribution in [0.1, 0.15) is 17.0 Å². The van der Waals surface area contributed by atoms with Crippen LogP contribution in [0.5, 0.6) is 5.75 Å². The van der Waals surface area contributed by atoms with E-state index in [2.05, 4.69) is 15.5 Å². The van der Waals surface area contributed by atoms with Crippen molar-refractivity contribution in [1.29, 1.82) is 0 Å². The summed E-state index contributed by atoms with van der Waals surface area (Å²) in [5.41, 5.74) is 3.01. The molecule has 0 atom stereocenters. The molecule has 0 aliphatic carbocycles. The lowest BCUT2D eigenvalue weighted by Crippen LogP contribution is -2.34. The van der Waals surface area contributed by atoms with Gasteiger partial charge in [-0.2, -0.15) is 5.10 Å². The van der Waals surface area contributed by atoms with E-state index in [0.29, 0.717) is 11.4 Å². The zero-order valence-electron chi connectivity index (χ0n) is 14.8. The Bertz CT molecular complexity index is 759. The van der Waals surface area contributed by atoms with Gasteiger partial charge in [-0.1, -0.05) is 12.1 Å². The second-order valence-electron chi connectivity index (χ2n) is 5.66. The molecule has 0 bridgehead atoms. The minimum Gasteiger partial charge on any atom is -0.497 e. The first kappa shape index (κ1) is 18.3. The summed E-state index contributed by atoms with van der Waals surface area (Å²) in [6.45, 7) is 3.57. The van der Waals surface area contributed by atoms with Crippen LogP contribution in [-0.2, 0) is 9.59 Å². The van der Waals surface area contributed by atoms with E-state index in [1.54, 1.807) is 27.2 Å². The van der Waals surface area contributed by atoms with Crippen molar-refractivity contribution in [1.82, 2.24) is 15.1 Å². The number of aryl methyl sites for hydroxylation is 2. The number of H-pyrrole nitrogens is 1. The van der Waals surface area contributed by atoms with Gasteiger partial charge in [-0.25, -0.2) is 0 Å². The zero-order chi connectivity index (χ0) is 18.4. The summed E-state index contributed by atoms with van der Waals surface area (Å²) in [6, 6.07) is 7.33. The Balaban J connectivity index is 1.90. The highest BCUT2D eigenvalue weighted by Crippen LogP contribution is 2.16. The van der Waals surface area contributed by atoms with Gasteiger partial charge < -0.3 is 15.0 Å². The van der Waals surface area contributed by atoms with Crippen molar-refractivity contribution in [2.45, 2.75) is 13.8 Å². The number of nitrogens with one attached hydrogen (secondary N) is 2. The fraction of sp³-hybridized carbons (Fsp3) is 0.278. The summed E-state index contributed by atoms with van der Waals surface area (Å²) < 4.78 is 5.09. The Hall–Kier alpha value is -3.09. The minimum absolute atomic E-state index is 0.0458. The van der Waals surface area contributed by atoms with Crippen molar-refractivity contribution in [2.24, 2.45) is 0 Å². The quantitative estimate of drug-likeness (QED) is 0.788. The first-order chi connectivity index (χ1) is 11.9. The molecule has 7 nitrogen and oxygen atoms in total. The highest BCUT2D eigenvalue weighted by Gasteiger charge is 2.14. The molecule has 132 valence electrons. The molecule has 1 aromatic carbocycles. The van der Waals surface area contributed by atoms with Crippen molar-refractivity contribution in [3.63, 3.8) is 0 Å². The second-order valence-corrected chi connectivity index (χ2v) is 5.66. The summed E-state index contributed by atoms with van der Waals surface area (Å²) in [5, 5.41) is 9.58. The number of benzene rings is 1. The van der Waals surface area contributed by atoms with Gasteiger partial charge in [0.25, 0.3) is 0 Å². The molecule has 1 heterocycles. The molecule has 2 amide bonds. The van der Waals surface area contributed by atoms with E-state index < -0.39 is 0 Å². The number of carbonyl (C=O) groups is 2. The standard InChI is InChI=1S/C18H22N4O3/c1-12-18(13(2)21-20-12)19-16(23)11-22(3)17(24)10-7-14-5-8-15(25-4)9-6-14/h5-10H,11H2,1-4H3,(H,19,23)(H,20,21). The number of aromatic amines is 1. The molecule has 2 N–H and O–H groups in total. The number of aromatic nitrogens is 2. The van der Waals surface area contributed by atoms with Crippen LogP contribution in [0.2, 0.25) is 0 Å². The van der Waals surface area contributed by atoms with E-state index >= 15 is 0 Å². The topological polar surface area (TPSA) is 87.3 Å². The number of amides is 2. The lowest BCUT2D eigenvalue weighted by atomic mass is 10.2. The Morgan fingerprint density at radius 2 is 1.96 bits per heavy atom. The fourth-order valence-corrected chi connectivity index (χ4v) is 2.22. The zero-order valence-corrected chi connectivity index (χ0v) is 14.8. The van der Waals surface area contributed by atoms with Gasteiger partial charge in [-0.3, -0.25) is 14.7 Å². The third-order valence-corrected chi connectivity index (χ3v) is 3.68. The molecule has 0 spiro atoms. The van der Waals surface area contributed by atoms with E-state index in [4.69, 9.17) is 4.74 Å². The molecular weight excluding hydrogens is 320 g/mol. The van der Waals surface area contributed by atoms with Crippen LogP contribution >= 0.6 is 0 Å². The largest absolute Gasteiger partial charge is 0.497 e. The van der Waals surface area contributed by atoms with Crippen LogP contribution in [0.25, 0.3) is 6.08 Å². The van der Waals surface area contributed by atoms with Crippen molar-refractivity contribution < 1.29 is 14.3 Å². The summed E-state index contributed by atoms with van der Waals surface area (Å²) in [4.78, 5) is 25.6. The smallest absolute Gasteiger partial charge is 0.246 e. The molecule has 0 unspecified atom stereocenters. The molecule has 0 fully saturated rings. The predicted molar refractivity (Wildman–Crippen MR) is 96.4 cm³/mol. The third-order valence-electron chi connectivity index (χ3n) is 3.68. The first-order valence-corrected chi connectivity index (χ1v) is 7.79. The molecule has 0 saturated carbocycles. The first-order valence-electron chi connectivity index (χ1n) is 7.79. The summed E-state index contributed by atoms with van der Waals surface area (Å²) >= 11 is 0. The number of likely N-dealkylation sites (N-methyl/N-ethyl adjacent to an activating group) is 1. The molecule has 1 aromatic heterocycles. The number of nitrogens with zero attached hydrogens (tertiary/aromatic N) is 2. The van der Waals surface area contributed by atoms with E-state index in [9.17, 15) is 9.59 Å². The number of carbonyl (C=O) groups excluding carboxylic acids is 2. The fourth-order valence-electron chi connectivity index (χ4n) is 2.22. The van der Waals surface area contributed by atoms with Crippen LogP contribution in [0, 0.1) is 13.8 Å². The molecule has 2 aromatic rings. The average molecular weight is 342 g/mol. The van der Waals surface area contributed by atoms with E-state index in [-0.39, 0.29) is 18.4 Å². The molecule has 7 heteroatoms. The van der Waals surface area contributed by atoms with Crippen LogP contribution in [-0.4, -0.2) is 47.6 Å². The van der Waals surface area contributed by atoms with Gasteiger partial charge in [-0.15, -0.1) is 0 Å². The third kappa shape index (κ3) is 4.94. The maximum Gasteiger partial charge on any atom is 0.246 e. The van der Waals surface area contributed by atoms with Crippen molar-refractivity contribution in [3.8, 4) is 5.75 Å². The molecule has 0 aliphatic rings. The molecule has 0 aliphatic heterocycles. The average Bonchev–Trinajstić information content (AvgIpc) is 2.91. The van der Waals surface area contributed by atoms with Gasteiger partial charge in [0, 0.05) is 13.1 Å². The van der Waals surface area contributed by atoms with Crippen LogP contribution in [0.15, 0.2) is 30.3 Å². The monoisotopic (exact) mass is 342 g/mol. The van der Waals surface area contributed by atoms with Crippen LogP contribution in [0.3, 0.4) is 0 Å². The molecular formula is C18H22N4O3. The Kier molecular flexibility index (Phi) is 5.94. The number of hydrogen-bond acceptors (Lipinski definition) is 4. The van der Waals surface area contributed by atoms with Crippen molar-refractivity contribution in [2.75, 3.05) is 26.0 Å². The Morgan fingerprint density at radius 1 is 1.28 bits per heavy atom. The van der Waals surface area contributed by atoms with Gasteiger partial charge >= 0.3 is 0 Å². The van der Waals surface area contributed by atoms with Gasteiger partial charge in [0.2, 0.25) is 11.8 Å². The number of anilines is 1. The van der Waals surface area contributed by atoms with Crippen LogP contribution < -0.4 is 10.1 Å². The van der Waals surface area contributed by atoms with Gasteiger partial charge in [-0.05, 0) is 37.6 Å². The van der Waals surface area contributed by atoms with Crippen LogP contribution in [0.4, 0.5) is 5.69 Å². The molecule has 0 radical (unpaired) electrons. The maximum atomic E-state index is 12.1. The normalized spacial score (nSPS) is 10.7. The van der Waals surface area contributed by atoms with Gasteiger partial charge in [0.05, 0.1) is 30.7 Å². The number of methoxy groups -OCH3 is 1. The van der Waals surface area contributed by atoms with E-state index in [0.717, 1.165) is 17.0 Å². The summed E-state index contributed by atoms with van der Waals surface area (Å²) in [6.07, 6.45) is 3.13. The number of ether oxygens (including phenoxy) is 1. The highest BCUT2D eigenvalue weighted by molar-refractivity contribution is 5.98.